The molecule has 0 aromatic heterocycles. The first kappa shape index (κ1) is 17.5. The topological polar surface area (TPSA) is 46.5 Å². The minimum atomic E-state index is -0.0569. The molecule has 0 spiro atoms. The van der Waals surface area contributed by atoms with E-state index in [2.05, 4.69) is 24.7 Å². The number of carbonyl (C=O) groups is 1. The Morgan fingerprint density at radius 1 is 1.04 bits per heavy atom. The van der Waals surface area contributed by atoms with Crippen LogP contribution in [-0.2, 0) is 21.4 Å². The van der Waals surface area contributed by atoms with Crippen LogP contribution in [0.4, 0.5) is 0 Å². The van der Waals surface area contributed by atoms with Gasteiger partial charge in [0.05, 0.1) is 0 Å². The number of aromatic hydroxyl groups is 1. The molecule has 2 saturated carbocycles. The van der Waals surface area contributed by atoms with Gasteiger partial charge >= 0.3 is 0 Å². The second kappa shape index (κ2) is 6.18. The van der Waals surface area contributed by atoms with Crippen LogP contribution in [0.2, 0.25) is 0 Å². The van der Waals surface area contributed by atoms with Gasteiger partial charge in [0.1, 0.15) is 11.5 Å². The lowest BCUT2D eigenvalue weighted by atomic mass is 9.49. The molecule has 0 saturated heterocycles. The number of phenols is 1. The van der Waals surface area contributed by atoms with E-state index in [-0.39, 0.29) is 10.8 Å². The summed E-state index contributed by atoms with van der Waals surface area (Å²) in [6.45, 7) is 4.62. The van der Waals surface area contributed by atoms with Crippen molar-refractivity contribution in [2.75, 3.05) is 14.2 Å². The van der Waals surface area contributed by atoms with Gasteiger partial charge in [-0.3, -0.25) is 4.79 Å². The van der Waals surface area contributed by atoms with E-state index < -0.39 is 0 Å². The summed E-state index contributed by atoms with van der Waals surface area (Å²) in [7, 11) is 3.25. The quantitative estimate of drug-likeness (QED) is 0.773. The van der Waals surface area contributed by atoms with Crippen molar-refractivity contribution >= 4 is 5.78 Å². The van der Waals surface area contributed by atoms with Crippen molar-refractivity contribution in [3.8, 4) is 5.75 Å². The van der Waals surface area contributed by atoms with E-state index in [4.69, 9.17) is 0 Å². The zero-order chi connectivity index (χ0) is 17.5. The van der Waals surface area contributed by atoms with Crippen molar-refractivity contribution in [1.82, 2.24) is 0 Å². The minimum absolute atomic E-state index is 0.0569. The van der Waals surface area contributed by atoms with Crippen LogP contribution in [0.3, 0.4) is 0 Å². The molecule has 0 bridgehead atoms. The second-order valence-electron chi connectivity index (χ2n) is 8.30. The normalized spacial score (nSPS) is 36.9. The summed E-state index contributed by atoms with van der Waals surface area (Å²) in [6.07, 6.45) is 6.22. The monoisotopic (exact) mass is 330 g/mol. The minimum Gasteiger partial charge on any atom is -0.508 e. The van der Waals surface area contributed by atoms with E-state index in [9.17, 15) is 9.90 Å². The Morgan fingerprint density at radius 3 is 2.33 bits per heavy atom. The average Bonchev–Trinajstić information content (AvgIpc) is 2.84. The summed E-state index contributed by atoms with van der Waals surface area (Å²) in [4.78, 5) is 12.4. The van der Waals surface area contributed by atoms with E-state index in [1.165, 1.54) is 17.5 Å². The molecule has 1 N–H and O–H groups in total. The van der Waals surface area contributed by atoms with Gasteiger partial charge in [-0.2, -0.15) is 0 Å². The molecule has 2 fully saturated rings. The molecule has 3 aliphatic carbocycles. The van der Waals surface area contributed by atoms with E-state index in [0.717, 1.165) is 32.1 Å². The van der Waals surface area contributed by atoms with Crippen molar-refractivity contribution in [3.63, 3.8) is 0 Å². The highest BCUT2D eigenvalue weighted by Gasteiger charge is 2.58. The highest BCUT2D eigenvalue weighted by Crippen LogP contribution is 2.62. The second-order valence-corrected chi connectivity index (χ2v) is 8.30. The fourth-order valence-electron chi connectivity index (χ4n) is 5.73. The molecule has 4 rings (SSSR count). The SMILES string of the molecule is COC.C[C@]12CC[C@]3(C)c4ccc(O)cc4CC[C@H]3[C@@H]1CCC2=O. The lowest BCUT2D eigenvalue weighted by molar-refractivity contribution is -0.130. The largest absolute Gasteiger partial charge is 0.508 e. The van der Waals surface area contributed by atoms with Crippen LogP contribution in [0, 0.1) is 17.3 Å². The standard InChI is InChI=1S/C19H24O2.C2H6O/c1-18-9-10-19(2)16(7-8-17(19)21)15(18)5-3-12-11-13(20)4-6-14(12)18;1-3-2/h4,6,11,15-16,20H,3,5,7-10H2,1-2H3;1-2H3/t15-,16-,18+,19-;/m0./s1. The number of ketones is 1. The predicted octanol–water partition coefficient (Wildman–Crippen LogP) is 4.25. The fraction of sp³-hybridized carbons (Fsp3) is 0.667. The number of carbonyl (C=O) groups excluding carboxylic acids is 1. The Bertz CT molecular complexity index is 638. The van der Waals surface area contributed by atoms with E-state index >= 15 is 0 Å². The number of Topliss-reactive ketones (excluding diaryl/α,β-unsaturated/α-hetero) is 1. The average molecular weight is 330 g/mol. The van der Waals surface area contributed by atoms with Crippen LogP contribution in [0.15, 0.2) is 18.2 Å². The summed E-state index contributed by atoms with van der Waals surface area (Å²) in [6, 6.07) is 5.92. The molecule has 0 heterocycles. The Kier molecular flexibility index (Phi) is 4.50. The Labute approximate surface area is 145 Å². The third-order valence-electron chi connectivity index (χ3n) is 7.03. The molecule has 3 heteroatoms. The number of rotatable bonds is 0. The van der Waals surface area contributed by atoms with Gasteiger partial charge in [-0.15, -0.1) is 0 Å². The molecule has 4 atom stereocenters. The van der Waals surface area contributed by atoms with Crippen LogP contribution in [0.25, 0.3) is 0 Å². The molecule has 3 aliphatic rings. The van der Waals surface area contributed by atoms with Crippen LogP contribution < -0.4 is 0 Å². The van der Waals surface area contributed by atoms with Crippen molar-refractivity contribution < 1.29 is 14.6 Å². The predicted molar refractivity (Wildman–Crippen MR) is 95.3 cm³/mol. The van der Waals surface area contributed by atoms with Gasteiger partial charge in [0.15, 0.2) is 0 Å². The Balaban J connectivity index is 0.000000526. The number of fused-ring (bicyclic) bond motifs is 5. The molecule has 132 valence electrons. The van der Waals surface area contributed by atoms with Crippen molar-refractivity contribution in [1.29, 1.82) is 0 Å². The highest BCUT2D eigenvalue weighted by molar-refractivity contribution is 5.87. The van der Waals surface area contributed by atoms with Gasteiger partial charge in [-0.25, -0.2) is 0 Å². The molecule has 0 radical (unpaired) electrons. The molecular weight excluding hydrogens is 300 g/mol. The molecule has 0 unspecified atom stereocenters. The summed E-state index contributed by atoms with van der Waals surface area (Å²) in [5.41, 5.74) is 2.88. The molecule has 0 aliphatic heterocycles. The zero-order valence-electron chi connectivity index (χ0n) is 15.4. The number of methoxy groups -OCH3 is 1. The third-order valence-corrected chi connectivity index (χ3v) is 7.03. The molecular formula is C21H30O3. The lowest BCUT2D eigenvalue weighted by Gasteiger charge is -2.54. The highest BCUT2D eigenvalue weighted by atomic mass is 16.4. The summed E-state index contributed by atoms with van der Waals surface area (Å²) in [5.74, 6) is 2.07. The number of hydrogen-bond acceptors (Lipinski definition) is 3. The molecule has 1 aromatic carbocycles. The van der Waals surface area contributed by atoms with Crippen molar-refractivity contribution in [3.05, 3.63) is 29.3 Å². The molecule has 0 amide bonds. The van der Waals surface area contributed by atoms with Crippen LogP contribution >= 0.6 is 0 Å². The van der Waals surface area contributed by atoms with Gasteiger partial charge in [-0.1, -0.05) is 19.9 Å². The lowest BCUT2D eigenvalue weighted by Crippen LogP contribution is -2.50. The van der Waals surface area contributed by atoms with Gasteiger partial charge in [0, 0.05) is 26.1 Å². The first-order valence-electron chi connectivity index (χ1n) is 9.12. The number of phenolic OH excluding ortho intramolecular Hbond substituents is 1. The van der Waals surface area contributed by atoms with Gasteiger partial charge in [0.25, 0.3) is 0 Å². The van der Waals surface area contributed by atoms with E-state index in [1.54, 1.807) is 14.2 Å². The number of aryl methyl sites for hydroxylation is 1. The third kappa shape index (κ3) is 2.48. The number of hydrogen-bond donors (Lipinski definition) is 1. The summed E-state index contributed by atoms with van der Waals surface area (Å²) in [5, 5.41) is 9.75. The smallest absolute Gasteiger partial charge is 0.139 e. The van der Waals surface area contributed by atoms with Crippen molar-refractivity contribution in [2.45, 2.75) is 57.8 Å². The Hall–Kier alpha value is -1.35. The van der Waals surface area contributed by atoms with Crippen LogP contribution in [0.5, 0.6) is 5.75 Å². The zero-order valence-corrected chi connectivity index (χ0v) is 15.4. The maximum absolute atomic E-state index is 12.4. The first-order chi connectivity index (χ1) is 11.4. The summed E-state index contributed by atoms with van der Waals surface area (Å²) < 4.78 is 4.25. The van der Waals surface area contributed by atoms with Gasteiger partial charge < -0.3 is 9.84 Å². The number of benzene rings is 1. The number of ether oxygens (including phenoxy) is 1. The summed E-state index contributed by atoms with van der Waals surface area (Å²) >= 11 is 0. The van der Waals surface area contributed by atoms with Gasteiger partial charge in [0.2, 0.25) is 0 Å². The molecule has 24 heavy (non-hydrogen) atoms. The maximum atomic E-state index is 12.4. The van der Waals surface area contributed by atoms with E-state index in [1.807, 2.05) is 12.1 Å². The van der Waals surface area contributed by atoms with E-state index in [0.29, 0.717) is 23.4 Å². The van der Waals surface area contributed by atoms with Crippen LogP contribution in [0.1, 0.15) is 57.1 Å². The molecule has 1 aromatic rings. The first-order valence-corrected chi connectivity index (χ1v) is 9.12. The van der Waals surface area contributed by atoms with Gasteiger partial charge in [-0.05, 0) is 72.6 Å². The fourth-order valence-corrected chi connectivity index (χ4v) is 5.73. The Morgan fingerprint density at radius 2 is 1.62 bits per heavy atom. The van der Waals surface area contributed by atoms with Crippen LogP contribution in [-0.4, -0.2) is 25.1 Å². The molecule has 3 nitrogen and oxygen atoms in total. The van der Waals surface area contributed by atoms with Crippen molar-refractivity contribution in [2.24, 2.45) is 17.3 Å². The maximum Gasteiger partial charge on any atom is 0.139 e.